The maximum atomic E-state index is 3.99. The molecule has 1 aromatic rings. The molecule has 2 aliphatic rings. The first-order valence-electron chi connectivity index (χ1n) is 9.03. The Morgan fingerprint density at radius 1 is 1.30 bits per heavy atom. The molecule has 0 radical (unpaired) electrons. The summed E-state index contributed by atoms with van der Waals surface area (Å²) in [6, 6.07) is 0. The van der Waals surface area contributed by atoms with Gasteiger partial charge in [0.2, 0.25) is 0 Å². The Morgan fingerprint density at radius 2 is 2.09 bits per heavy atom. The molecule has 23 heavy (non-hydrogen) atoms. The van der Waals surface area contributed by atoms with Gasteiger partial charge >= 0.3 is 0 Å². The predicted octanol–water partition coefficient (Wildman–Crippen LogP) is 5.80. The maximum Gasteiger partial charge on any atom is 0.0261 e. The van der Waals surface area contributed by atoms with Crippen LogP contribution in [0.5, 0.6) is 0 Å². The van der Waals surface area contributed by atoms with E-state index in [0.29, 0.717) is 5.92 Å². The number of hydrogen-bond donors (Lipinski definition) is 0. The molecular formula is C21H31NS. The van der Waals surface area contributed by atoms with Crippen molar-refractivity contribution in [1.29, 1.82) is 0 Å². The van der Waals surface area contributed by atoms with Gasteiger partial charge in [-0.2, -0.15) is 0 Å². The van der Waals surface area contributed by atoms with Crippen LogP contribution in [0.3, 0.4) is 0 Å². The molecule has 0 amide bonds. The van der Waals surface area contributed by atoms with Crippen LogP contribution < -0.4 is 0 Å². The summed E-state index contributed by atoms with van der Waals surface area (Å²) in [6.07, 6.45) is 21.5. The summed E-state index contributed by atoms with van der Waals surface area (Å²) in [5.74, 6) is 3.43. The van der Waals surface area contributed by atoms with E-state index in [9.17, 15) is 0 Å². The van der Waals surface area contributed by atoms with Gasteiger partial charge in [0.25, 0.3) is 0 Å². The summed E-state index contributed by atoms with van der Waals surface area (Å²) < 4.78 is 2.57. The van der Waals surface area contributed by atoms with Crippen LogP contribution in [0.4, 0.5) is 0 Å². The Balaban J connectivity index is 1.86. The lowest BCUT2D eigenvalue weighted by Crippen LogP contribution is -2.07. The Labute approximate surface area is 143 Å². The van der Waals surface area contributed by atoms with Crippen LogP contribution in [0.2, 0.25) is 0 Å². The van der Waals surface area contributed by atoms with Gasteiger partial charge in [0, 0.05) is 28.9 Å². The Bertz CT molecular complexity index is 602. The van der Waals surface area contributed by atoms with Crippen molar-refractivity contribution in [2.45, 2.75) is 50.0 Å². The summed E-state index contributed by atoms with van der Waals surface area (Å²) >= 11 is 0. The Kier molecular flexibility index (Phi) is 5.21. The van der Waals surface area contributed by atoms with Gasteiger partial charge in [-0.15, -0.1) is 13.2 Å². The van der Waals surface area contributed by atoms with E-state index in [1.165, 1.54) is 43.6 Å². The summed E-state index contributed by atoms with van der Waals surface area (Å²) in [5, 5.41) is 0. The highest BCUT2D eigenvalue weighted by Crippen LogP contribution is 2.60. The molecule has 1 fully saturated rings. The van der Waals surface area contributed by atoms with Crippen LogP contribution in [0.25, 0.3) is 6.08 Å². The number of nitrogens with zero attached hydrogens (tertiary/aromatic N) is 1. The minimum absolute atomic E-state index is 0.558. The van der Waals surface area contributed by atoms with E-state index in [2.05, 4.69) is 48.4 Å². The SMILES string of the molecule is C=CCC(C=C)CCn1cc(S2(C)CCCC2)c2c1CCC=C2. The monoisotopic (exact) mass is 329 g/mol. The third kappa shape index (κ3) is 3.38. The van der Waals surface area contributed by atoms with Crippen molar-refractivity contribution >= 4 is 16.1 Å². The fourth-order valence-corrected chi connectivity index (χ4v) is 7.50. The number of aryl methyl sites for hydroxylation is 1. The van der Waals surface area contributed by atoms with Crippen LogP contribution in [-0.2, 0) is 13.0 Å². The van der Waals surface area contributed by atoms with Gasteiger partial charge < -0.3 is 4.57 Å². The Morgan fingerprint density at radius 3 is 2.78 bits per heavy atom. The molecule has 1 saturated heterocycles. The predicted molar refractivity (Wildman–Crippen MR) is 106 cm³/mol. The van der Waals surface area contributed by atoms with Crippen molar-refractivity contribution in [1.82, 2.24) is 4.57 Å². The third-order valence-electron chi connectivity index (χ3n) is 5.54. The highest BCUT2D eigenvalue weighted by Gasteiger charge is 2.30. The molecule has 126 valence electrons. The van der Waals surface area contributed by atoms with E-state index in [1.54, 1.807) is 16.2 Å². The summed E-state index contributed by atoms with van der Waals surface area (Å²) in [4.78, 5) is 1.69. The van der Waals surface area contributed by atoms with E-state index >= 15 is 0 Å². The van der Waals surface area contributed by atoms with Crippen molar-refractivity contribution in [3.63, 3.8) is 0 Å². The topological polar surface area (TPSA) is 4.93 Å². The Hall–Kier alpha value is -1.15. The fourth-order valence-electron chi connectivity index (χ4n) is 4.07. The molecule has 0 N–H and O–H groups in total. The second-order valence-corrected chi connectivity index (χ2v) is 11.0. The quantitative estimate of drug-likeness (QED) is 0.557. The van der Waals surface area contributed by atoms with E-state index in [4.69, 9.17) is 0 Å². The van der Waals surface area contributed by atoms with Crippen molar-refractivity contribution in [3.8, 4) is 0 Å². The largest absolute Gasteiger partial charge is 0.350 e. The van der Waals surface area contributed by atoms with Crippen molar-refractivity contribution in [2.24, 2.45) is 5.92 Å². The molecule has 1 atom stereocenters. The third-order valence-corrected chi connectivity index (χ3v) is 9.31. The van der Waals surface area contributed by atoms with E-state index in [1.807, 2.05) is 6.08 Å². The van der Waals surface area contributed by atoms with Gasteiger partial charge in [0.15, 0.2) is 0 Å². The lowest BCUT2D eigenvalue weighted by atomic mass is 10.0. The number of allylic oxidation sites excluding steroid dienone is 3. The van der Waals surface area contributed by atoms with Crippen LogP contribution in [0.15, 0.2) is 42.5 Å². The van der Waals surface area contributed by atoms with Crippen LogP contribution in [0, 0.1) is 5.92 Å². The molecule has 0 aromatic carbocycles. The van der Waals surface area contributed by atoms with Crippen molar-refractivity contribution in [3.05, 3.63) is 48.8 Å². The number of fused-ring (bicyclic) bond motifs is 1. The van der Waals surface area contributed by atoms with Crippen molar-refractivity contribution in [2.75, 3.05) is 17.8 Å². The van der Waals surface area contributed by atoms with Gasteiger partial charge in [0.1, 0.15) is 0 Å². The van der Waals surface area contributed by atoms with Gasteiger partial charge in [-0.05, 0) is 62.2 Å². The van der Waals surface area contributed by atoms with Crippen LogP contribution >= 0.6 is 10.0 Å². The van der Waals surface area contributed by atoms with Gasteiger partial charge in [-0.25, -0.2) is 10.0 Å². The average Bonchev–Trinajstić information content (AvgIpc) is 3.16. The van der Waals surface area contributed by atoms with Gasteiger partial charge in [-0.1, -0.05) is 24.3 Å². The molecule has 0 spiro atoms. The van der Waals surface area contributed by atoms with E-state index in [-0.39, 0.29) is 0 Å². The van der Waals surface area contributed by atoms with Crippen LogP contribution in [0.1, 0.15) is 43.4 Å². The highest BCUT2D eigenvalue weighted by atomic mass is 32.3. The molecule has 0 bridgehead atoms. The first-order valence-corrected chi connectivity index (χ1v) is 11.4. The van der Waals surface area contributed by atoms with Gasteiger partial charge in [0.05, 0.1) is 0 Å². The molecule has 1 aliphatic heterocycles. The van der Waals surface area contributed by atoms with Gasteiger partial charge in [-0.3, -0.25) is 0 Å². The molecule has 1 unspecified atom stereocenters. The molecule has 2 heterocycles. The second kappa shape index (κ2) is 7.17. The molecule has 1 aliphatic carbocycles. The van der Waals surface area contributed by atoms with E-state index in [0.717, 1.165) is 13.0 Å². The number of aromatic nitrogens is 1. The number of rotatable bonds is 7. The highest BCUT2D eigenvalue weighted by molar-refractivity contribution is 8.33. The zero-order valence-corrected chi connectivity index (χ0v) is 15.4. The zero-order valence-electron chi connectivity index (χ0n) is 14.6. The fraction of sp³-hybridized carbons (Fsp3) is 0.524. The maximum absolute atomic E-state index is 3.99. The normalized spacial score (nSPS) is 21.6. The minimum Gasteiger partial charge on any atom is -0.350 e. The van der Waals surface area contributed by atoms with Crippen LogP contribution in [-0.4, -0.2) is 22.3 Å². The molecule has 0 saturated carbocycles. The first-order chi connectivity index (χ1) is 11.2. The van der Waals surface area contributed by atoms with E-state index < -0.39 is 10.0 Å². The average molecular weight is 330 g/mol. The zero-order chi connectivity index (χ0) is 16.3. The molecule has 1 nitrogen and oxygen atoms in total. The first kappa shape index (κ1) is 16.7. The molecule has 2 heteroatoms. The summed E-state index contributed by atoms with van der Waals surface area (Å²) in [6.45, 7) is 8.99. The smallest absolute Gasteiger partial charge is 0.0261 e. The molecular weight excluding hydrogens is 298 g/mol. The standard InChI is InChI=1S/C21H31NS/c1-4-10-18(5-2)13-14-22-17-21(23(3)15-8-9-16-23)19-11-6-7-12-20(19)22/h4-6,11,17-18H,1-2,7-10,12-16H2,3H3. The molecule has 1 aromatic heterocycles. The second-order valence-electron chi connectivity index (χ2n) is 7.19. The number of hydrogen-bond acceptors (Lipinski definition) is 0. The summed E-state index contributed by atoms with van der Waals surface area (Å²) in [7, 11) is -0.566. The molecule has 3 rings (SSSR count). The lowest BCUT2D eigenvalue weighted by Gasteiger charge is -2.31. The lowest BCUT2D eigenvalue weighted by molar-refractivity contribution is 0.517. The van der Waals surface area contributed by atoms with Crippen molar-refractivity contribution < 1.29 is 0 Å². The minimum atomic E-state index is -0.566. The summed E-state index contributed by atoms with van der Waals surface area (Å²) in [5.41, 5.74) is 3.17.